The summed E-state index contributed by atoms with van der Waals surface area (Å²) in [4.78, 5) is 38.6. The van der Waals surface area contributed by atoms with Crippen LogP contribution in [-0.2, 0) is 9.59 Å². The molecule has 1 aliphatic rings. The fourth-order valence-corrected chi connectivity index (χ4v) is 3.83. The van der Waals surface area contributed by atoms with E-state index in [9.17, 15) is 14.4 Å². The maximum Gasteiger partial charge on any atom is 0.335 e. The first-order chi connectivity index (χ1) is 14.8. The van der Waals surface area contributed by atoms with E-state index in [-0.39, 0.29) is 17.9 Å². The summed E-state index contributed by atoms with van der Waals surface area (Å²) in [6.45, 7) is 2.25. The number of hydrogen-bond acceptors (Lipinski definition) is 5. The van der Waals surface area contributed by atoms with E-state index in [4.69, 9.17) is 27.5 Å². The Kier molecular flexibility index (Phi) is 7.20. The van der Waals surface area contributed by atoms with E-state index in [1.54, 1.807) is 30.3 Å². The fraction of sp³-hybridized carbons (Fsp3) is 0.136. The Bertz CT molecular complexity index is 1140. The van der Waals surface area contributed by atoms with Crippen molar-refractivity contribution in [1.82, 2.24) is 5.32 Å². The van der Waals surface area contributed by atoms with Gasteiger partial charge in [0.2, 0.25) is 0 Å². The first kappa shape index (κ1) is 22.7. The van der Waals surface area contributed by atoms with E-state index >= 15 is 0 Å². The van der Waals surface area contributed by atoms with Gasteiger partial charge in [-0.2, -0.15) is 0 Å². The molecule has 9 heteroatoms. The number of terminal acetylenes is 1. The zero-order valence-electron chi connectivity index (χ0n) is 16.3. The molecule has 0 unspecified atom stereocenters. The van der Waals surface area contributed by atoms with Gasteiger partial charge in [-0.3, -0.25) is 14.9 Å². The van der Waals surface area contributed by atoms with Crippen molar-refractivity contribution in [2.75, 3.05) is 18.1 Å². The number of hydrogen-bond donors (Lipinski definition) is 1. The van der Waals surface area contributed by atoms with Gasteiger partial charge < -0.3 is 9.47 Å². The predicted molar refractivity (Wildman–Crippen MR) is 125 cm³/mol. The number of urea groups is 1. The maximum atomic E-state index is 13.0. The largest absolute Gasteiger partial charge is 0.490 e. The third-order valence-electron chi connectivity index (χ3n) is 4.11. The number of rotatable bonds is 6. The molecule has 0 spiro atoms. The number of benzene rings is 2. The highest BCUT2D eigenvalue weighted by atomic mass is 127. The Labute approximate surface area is 197 Å². The van der Waals surface area contributed by atoms with Crippen molar-refractivity contribution in [3.63, 3.8) is 0 Å². The molecule has 1 saturated heterocycles. The minimum atomic E-state index is -0.850. The maximum absolute atomic E-state index is 13.0. The molecule has 0 atom stereocenters. The first-order valence-corrected chi connectivity index (χ1v) is 10.5. The lowest BCUT2D eigenvalue weighted by Gasteiger charge is -2.26. The Morgan fingerprint density at radius 1 is 1.23 bits per heavy atom. The molecule has 158 valence electrons. The Morgan fingerprint density at radius 2 is 2.00 bits per heavy atom. The summed E-state index contributed by atoms with van der Waals surface area (Å²) >= 11 is 8.03. The van der Waals surface area contributed by atoms with Crippen LogP contribution in [0.15, 0.2) is 42.0 Å². The normalized spacial score (nSPS) is 15.0. The van der Waals surface area contributed by atoms with Crippen molar-refractivity contribution in [3.05, 3.63) is 56.1 Å². The van der Waals surface area contributed by atoms with Crippen LogP contribution in [0.3, 0.4) is 0 Å². The van der Waals surface area contributed by atoms with Crippen LogP contribution in [0.1, 0.15) is 12.5 Å². The summed E-state index contributed by atoms with van der Waals surface area (Å²) in [6.07, 6.45) is 6.65. The van der Waals surface area contributed by atoms with Gasteiger partial charge in [-0.05, 0) is 71.5 Å². The monoisotopic (exact) mass is 550 g/mol. The highest BCUT2D eigenvalue weighted by Gasteiger charge is 2.37. The number of imide groups is 2. The SMILES string of the molecule is C#CCOc1c(I)cc(/C=C2\C(=O)NC(=O)N(c3cccc(Cl)c3)C2=O)cc1OCC. The lowest BCUT2D eigenvalue weighted by atomic mass is 10.1. The molecular formula is C22H16ClIN2O5. The molecule has 0 radical (unpaired) electrons. The molecule has 1 N–H and O–H groups in total. The van der Waals surface area contributed by atoms with E-state index < -0.39 is 17.8 Å². The summed E-state index contributed by atoms with van der Waals surface area (Å²) < 4.78 is 11.9. The minimum absolute atomic E-state index is 0.0636. The molecule has 0 aromatic heterocycles. The molecule has 7 nitrogen and oxygen atoms in total. The van der Waals surface area contributed by atoms with Crippen LogP contribution >= 0.6 is 34.2 Å². The van der Waals surface area contributed by atoms with Crippen LogP contribution in [0.4, 0.5) is 10.5 Å². The number of amides is 4. The average molecular weight is 551 g/mol. The summed E-state index contributed by atoms with van der Waals surface area (Å²) in [6, 6.07) is 8.71. The molecule has 4 amide bonds. The van der Waals surface area contributed by atoms with Gasteiger partial charge in [0, 0.05) is 5.02 Å². The molecule has 31 heavy (non-hydrogen) atoms. The molecule has 0 aliphatic carbocycles. The van der Waals surface area contributed by atoms with Gasteiger partial charge in [-0.1, -0.05) is 23.6 Å². The second kappa shape index (κ2) is 9.85. The van der Waals surface area contributed by atoms with Crippen molar-refractivity contribution >= 4 is 63.8 Å². The van der Waals surface area contributed by atoms with Crippen LogP contribution in [0, 0.1) is 15.9 Å². The highest BCUT2D eigenvalue weighted by molar-refractivity contribution is 14.1. The van der Waals surface area contributed by atoms with Crippen LogP contribution in [0.5, 0.6) is 11.5 Å². The molecular weight excluding hydrogens is 535 g/mol. The van der Waals surface area contributed by atoms with Crippen molar-refractivity contribution in [2.24, 2.45) is 0 Å². The number of carbonyl (C=O) groups excluding carboxylic acids is 3. The van der Waals surface area contributed by atoms with Crippen molar-refractivity contribution in [1.29, 1.82) is 0 Å². The zero-order valence-corrected chi connectivity index (χ0v) is 19.2. The molecule has 3 rings (SSSR count). The summed E-state index contributed by atoms with van der Waals surface area (Å²) in [5, 5.41) is 2.52. The quantitative estimate of drug-likeness (QED) is 0.254. The second-order valence-corrected chi connectivity index (χ2v) is 7.79. The number of nitrogens with one attached hydrogen (secondary N) is 1. The molecule has 1 fully saturated rings. The summed E-state index contributed by atoms with van der Waals surface area (Å²) in [5.41, 5.74) is 0.547. The highest BCUT2D eigenvalue weighted by Crippen LogP contribution is 2.35. The van der Waals surface area contributed by atoms with Gasteiger partial charge in [-0.15, -0.1) is 6.42 Å². The van der Waals surface area contributed by atoms with Crippen LogP contribution < -0.4 is 19.7 Å². The summed E-state index contributed by atoms with van der Waals surface area (Å²) in [5.74, 6) is 1.72. The van der Waals surface area contributed by atoms with Gasteiger partial charge in [-0.25, -0.2) is 9.69 Å². The third-order valence-corrected chi connectivity index (χ3v) is 5.15. The van der Waals surface area contributed by atoms with Gasteiger partial charge >= 0.3 is 6.03 Å². The second-order valence-electron chi connectivity index (χ2n) is 6.19. The Hall–Kier alpha value is -3.03. The van der Waals surface area contributed by atoms with Crippen molar-refractivity contribution < 1.29 is 23.9 Å². The first-order valence-electron chi connectivity index (χ1n) is 9.05. The standard InChI is InChI=1S/C22H16ClIN2O5/c1-3-8-31-19-17(24)10-13(11-18(19)30-4-2)9-16-20(27)25-22(29)26(21(16)28)15-7-5-6-14(23)12-15/h1,5-7,9-12H,4,8H2,2H3,(H,25,27,29)/b16-9+. The van der Waals surface area contributed by atoms with Gasteiger partial charge in [0.15, 0.2) is 11.5 Å². The van der Waals surface area contributed by atoms with Crippen molar-refractivity contribution in [3.8, 4) is 23.8 Å². The summed E-state index contributed by atoms with van der Waals surface area (Å²) in [7, 11) is 0. The van der Waals surface area contributed by atoms with Crippen LogP contribution in [-0.4, -0.2) is 31.1 Å². The lowest BCUT2D eigenvalue weighted by Crippen LogP contribution is -2.54. The van der Waals surface area contributed by atoms with Crippen molar-refractivity contribution in [2.45, 2.75) is 6.92 Å². The molecule has 2 aromatic rings. The number of carbonyl (C=O) groups is 3. The van der Waals surface area contributed by atoms with Gasteiger partial charge in [0.1, 0.15) is 12.2 Å². The van der Waals surface area contributed by atoms with E-state index in [2.05, 4.69) is 11.2 Å². The van der Waals surface area contributed by atoms with E-state index in [1.165, 1.54) is 12.1 Å². The van der Waals surface area contributed by atoms with Crippen LogP contribution in [0.2, 0.25) is 5.02 Å². The topological polar surface area (TPSA) is 84.9 Å². The van der Waals surface area contributed by atoms with E-state index in [0.717, 1.165) is 4.90 Å². The van der Waals surface area contributed by atoms with Gasteiger partial charge in [0.05, 0.1) is 15.9 Å². The number of ether oxygens (including phenoxy) is 2. The number of halogens is 2. The Morgan fingerprint density at radius 3 is 2.68 bits per heavy atom. The molecule has 2 aromatic carbocycles. The fourth-order valence-electron chi connectivity index (χ4n) is 2.86. The smallest absolute Gasteiger partial charge is 0.335 e. The third kappa shape index (κ3) is 5.00. The van der Waals surface area contributed by atoms with Gasteiger partial charge in [0.25, 0.3) is 11.8 Å². The lowest BCUT2D eigenvalue weighted by molar-refractivity contribution is -0.122. The van der Waals surface area contributed by atoms with E-state index in [0.29, 0.717) is 32.3 Å². The molecule has 1 aliphatic heterocycles. The van der Waals surface area contributed by atoms with Crippen LogP contribution in [0.25, 0.3) is 6.08 Å². The molecule has 1 heterocycles. The zero-order chi connectivity index (χ0) is 22.5. The number of nitrogens with zero attached hydrogens (tertiary/aromatic N) is 1. The van der Waals surface area contributed by atoms with E-state index in [1.807, 2.05) is 29.5 Å². The predicted octanol–water partition coefficient (Wildman–Crippen LogP) is 4.02. The molecule has 0 saturated carbocycles. The molecule has 0 bridgehead atoms. The number of anilines is 1. The average Bonchev–Trinajstić information content (AvgIpc) is 2.71. The minimum Gasteiger partial charge on any atom is -0.490 e. The Balaban J connectivity index is 2.03. The number of barbiturate groups is 1.